The first-order valence-corrected chi connectivity index (χ1v) is 10.6. The fourth-order valence-electron chi connectivity index (χ4n) is 4.12. The highest BCUT2D eigenvalue weighted by Gasteiger charge is 2.24. The van der Waals surface area contributed by atoms with Crippen LogP contribution in [0.5, 0.6) is 0 Å². The van der Waals surface area contributed by atoms with Crippen LogP contribution in [0.4, 0.5) is 10.1 Å². The normalized spacial score (nSPS) is 11.2. The van der Waals surface area contributed by atoms with Crippen molar-refractivity contribution in [3.63, 3.8) is 0 Å². The molecule has 5 aromatic rings. The number of aromatic nitrogens is 2. The summed E-state index contributed by atoms with van der Waals surface area (Å²) in [6.45, 7) is 0. The molecule has 170 valence electrons. The van der Waals surface area contributed by atoms with E-state index in [0.717, 1.165) is 16.8 Å². The summed E-state index contributed by atoms with van der Waals surface area (Å²) in [5.41, 5.74) is 4.28. The minimum Gasteiger partial charge on any atom is -0.455 e. The molecule has 0 aliphatic rings. The van der Waals surface area contributed by atoms with E-state index in [4.69, 9.17) is 4.42 Å². The summed E-state index contributed by atoms with van der Waals surface area (Å²) in [4.78, 5) is 34.0. The van der Waals surface area contributed by atoms with Crippen LogP contribution in [0.1, 0.15) is 10.4 Å². The van der Waals surface area contributed by atoms with Gasteiger partial charge < -0.3 is 19.6 Å². The van der Waals surface area contributed by atoms with Crippen molar-refractivity contribution in [2.75, 3.05) is 26.0 Å². The topological polar surface area (TPSA) is 91.2 Å². The zero-order valence-electron chi connectivity index (χ0n) is 18.8. The number of carbonyl (C=O) groups is 1. The van der Waals surface area contributed by atoms with Crippen molar-refractivity contribution in [3.05, 3.63) is 82.7 Å². The average molecular weight is 456 g/mol. The Morgan fingerprint density at radius 3 is 2.47 bits per heavy atom. The monoisotopic (exact) mass is 456 g/mol. The van der Waals surface area contributed by atoms with Gasteiger partial charge in [0.25, 0.3) is 11.5 Å². The van der Waals surface area contributed by atoms with Crippen molar-refractivity contribution in [3.8, 4) is 22.5 Å². The number of anilines is 1. The number of nitrogens with zero attached hydrogens (tertiary/aromatic N) is 2. The summed E-state index contributed by atoms with van der Waals surface area (Å²) < 4.78 is 19.7. The van der Waals surface area contributed by atoms with E-state index in [1.54, 1.807) is 31.3 Å². The molecular formula is C26H21FN4O3. The van der Waals surface area contributed by atoms with Gasteiger partial charge in [0.2, 0.25) is 0 Å². The van der Waals surface area contributed by atoms with E-state index < -0.39 is 0 Å². The molecule has 0 saturated carbocycles. The van der Waals surface area contributed by atoms with Crippen molar-refractivity contribution in [2.45, 2.75) is 0 Å². The molecular weight excluding hydrogens is 435 g/mol. The number of aromatic amines is 1. The number of H-pyrrole nitrogens is 1. The fraction of sp³-hybridized carbons (Fsp3) is 0.115. The number of carbonyl (C=O) groups excluding carboxylic acids is 1. The first-order valence-electron chi connectivity index (χ1n) is 10.6. The number of fused-ring (bicyclic) bond motifs is 2. The zero-order chi connectivity index (χ0) is 24.0. The van der Waals surface area contributed by atoms with Crippen LogP contribution in [0.2, 0.25) is 0 Å². The number of nitrogens with one attached hydrogen (secondary N) is 2. The Hall–Kier alpha value is -4.46. The van der Waals surface area contributed by atoms with E-state index in [0.29, 0.717) is 38.8 Å². The lowest BCUT2D eigenvalue weighted by Gasteiger charge is -2.18. The molecule has 0 spiro atoms. The van der Waals surface area contributed by atoms with Gasteiger partial charge >= 0.3 is 0 Å². The molecule has 2 N–H and O–H groups in total. The highest BCUT2D eigenvalue weighted by atomic mass is 19.1. The molecule has 2 heterocycles. The lowest BCUT2D eigenvalue weighted by atomic mass is 9.97. The molecule has 8 heteroatoms. The molecule has 0 fully saturated rings. The highest BCUT2D eigenvalue weighted by molar-refractivity contribution is 6.13. The lowest BCUT2D eigenvalue weighted by Crippen LogP contribution is -2.18. The minimum absolute atomic E-state index is 0.229. The number of benzene rings is 3. The Balaban J connectivity index is 1.82. The van der Waals surface area contributed by atoms with Gasteiger partial charge in [0.15, 0.2) is 0 Å². The largest absolute Gasteiger partial charge is 0.455 e. The third-order valence-electron chi connectivity index (χ3n) is 5.80. The smallest absolute Gasteiger partial charge is 0.258 e. The van der Waals surface area contributed by atoms with E-state index in [2.05, 4.69) is 15.3 Å². The van der Waals surface area contributed by atoms with Gasteiger partial charge in [0, 0.05) is 49.4 Å². The molecule has 5 rings (SSSR count). The van der Waals surface area contributed by atoms with Gasteiger partial charge in [0.1, 0.15) is 17.2 Å². The average Bonchev–Trinajstić information content (AvgIpc) is 3.21. The first-order chi connectivity index (χ1) is 16.4. The summed E-state index contributed by atoms with van der Waals surface area (Å²) in [6.07, 6.45) is 1.37. The number of furan rings is 1. The van der Waals surface area contributed by atoms with Gasteiger partial charge in [-0.15, -0.1) is 0 Å². The summed E-state index contributed by atoms with van der Waals surface area (Å²) in [6, 6.07) is 15.0. The first kappa shape index (κ1) is 21.4. The van der Waals surface area contributed by atoms with Gasteiger partial charge in [-0.25, -0.2) is 9.37 Å². The SMILES string of the molecule is CNC(=O)c1c(-c2ccc(F)cc2)oc2cc(N(C)C)c(-c3ccc4nc[nH]c(=O)c4c3)cc12. The van der Waals surface area contributed by atoms with Crippen LogP contribution in [0.3, 0.4) is 0 Å². The molecule has 2 aromatic heterocycles. The van der Waals surface area contributed by atoms with Gasteiger partial charge in [0.05, 0.1) is 22.8 Å². The summed E-state index contributed by atoms with van der Waals surface area (Å²) >= 11 is 0. The number of hydrogen-bond acceptors (Lipinski definition) is 5. The van der Waals surface area contributed by atoms with Crippen molar-refractivity contribution >= 4 is 33.5 Å². The third-order valence-corrected chi connectivity index (χ3v) is 5.80. The molecule has 0 bridgehead atoms. The second-order valence-electron chi connectivity index (χ2n) is 8.12. The van der Waals surface area contributed by atoms with Crippen LogP contribution in [0.15, 0.2) is 70.1 Å². The lowest BCUT2D eigenvalue weighted by molar-refractivity contribution is 0.0964. The summed E-state index contributed by atoms with van der Waals surface area (Å²) in [5, 5.41) is 3.75. The van der Waals surface area contributed by atoms with Crippen LogP contribution in [0.25, 0.3) is 44.3 Å². The third kappa shape index (κ3) is 3.49. The van der Waals surface area contributed by atoms with E-state index in [-0.39, 0.29) is 17.3 Å². The van der Waals surface area contributed by atoms with Crippen molar-refractivity contribution in [1.82, 2.24) is 15.3 Å². The predicted octanol–water partition coefficient (Wildman–Crippen LogP) is 4.57. The van der Waals surface area contributed by atoms with Gasteiger partial charge in [-0.2, -0.15) is 0 Å². The molecule has 0 radical (unpaired) electrons. The molecule has 0 aliphatic carbocycles. The molecule has 0 unspecified atom stereocenters. The molecule has 34 heavy (non-hydrogen) atoms. The quantitative estimate of drug-likeness (QED) is 0.414. The second-order valence-corrected chi connectivity index (χ2v) is 8.12. The van der Waals surface area contributed by atoms with Crippen molar-refractivity contribution in [2.24, 2.45) is 0 Å². The Morgan fingerprint density at radius 2 is 1.76 bits per heavy atom. The van der Waals surface area contributed by atoms with Crippen LogP contribution in [0, 0.1) is 5.82 Å². The van der Waals surface area contributed by atoms with Crippen LogP contribution in [-0.4, -0.2) is 37.0 Å². The maximum absolute atomic E-state index is 13.5. The number of amides is 1. The van der Waals surface area contributed by atoms with Crippen LogP contribution >= 0.6 is 0 Å². The van der Waals surface area contributed by atoms with Crippen LogP contribution in [-0.2, 0) is 0 Å². The highest BCUT2D eigenvalue weighted by Crippen LogP contribution is 2.40. The number of rotatable bonds is 4. The van der Waals surface area contributed by atoms with Gasteiger partial charge in [-0.1, -0.05) is 6.07 Å². The number of halogens is 1. The van der Waals surface area contributed by atoms with Crippen molar-refractivity contribution < 1.29 is 13.6 Å². The molecule has 1 amide bonds. The minimum atomic E-state index is -0.376. The van der Waals surface area contributed by atoms with E-state index >= 15 is 0 Å². The Labute approximate surface area is 193 Å². The Morgan fingerprint density at radius 1 is 1.03 bits per heavy atom. The summed E-state index contributed by atoms with van der Waals surface area (Å²) in [7, 11) is 5.36. The second kappa shape index (κ2) is 8.15. The molecule has 0 saturated heterocycles. The standard InChI is InChI=1S/C26H21FN4O3/c1-28-26(33)23-19-11-17(15-6-9-20-18(10-15)25(32)30-13-29-20)21(31(2)3)12-22(19)34-24(23)14-4-7-16(27)8-5-14/h4-13H,1-3H3,(H,28,33)(H,29,30,32). The molecule has 0 atom stereocenters. The molecule has 7 nitrogen and oxygen atoms in total. The van der Waals surface area contributed by atoms with Crippen LogP contribution < -0.4 is 15.8 Å². The predicted molar refractivity (Wildman–Crippen MR) is 131 cm³/mol. The van der Waals surface area contributed by atoms with Gasteiger partial charge in [-0.05, 0) is 48.0 Å². The Bertz CT molecular complexity index is 1620. The maximum atomic E-state index is 13.5. The Kier molecular flexibility index (Phi) is 5.13. The fourth-order valence-corrected chi connectivity index (χ4v) is 4.12. The van der Waals surface area contributed by atoms with E-state index in [1.165, 1.54) is 18.5 Å². The van der Waals surface area contributed by atoms with E-state index in [9.17, 15) is 14.0 Å². The molecule has 3 aromatic carbocycles. The number of hydrogen-bond donors (Lipinski definition) is 2. The molecule has 0 aliphatic heterocycles. The van der Waals surface area contributed by atoms with Crippen molar-refractivity contribution in [1.29, 1.82) is 0 Å². The van der Waals surface area contributed by atoms with Gasteiger partial charge in [-0.3, -0.25) is 9.59 Å². The van der Waals surface area contributed by atoms with E-state index in [1.807, 2.05) is 37.2 Å². The zero-order valence-corrected chi connectivity index (χ0v) is 18.8. The summed E-state index contributed by atoms with van der Waals surface area (Å²) in [5.74, 6) is -0.338. The maximum Gasteiger partial charge on any atom is 0.258 e.